The molecule has 0 radical (unpaired) electrons. The van der Waals surface area contributed by atoms with Crippen LogP contribution in [0, 0.1) is 6.92 Å². The van der Waals surface area contributed by atoms with Gasteiger partial charge in [0.2, 0.25) is 0 Å². The number of nitrogens with zero attached hydrogens (tertiary/aromatic N) is 1. The summed E-state index contributed by atoms with van der Waals surface area (Å²) in [6, 6.07) is 6.78. The van der Waals surface area contributed by atoms with Crippen molar-refractivity contribution in [3.8, 4) is 0 Å². The maximum atomic E-state index is 5.86. The van der Waals surface area contributed by atoms with Gasteiger partial charge in [-0.3, -0.25) is 0 Å². The van der Waals surface area contributed by atoms with E-state index >= 15 is 0 Å². The first-order valence-electron chi connectivity index (χ1n) is 7.99. The molecule has 118 valence electrons. The fraction of sp³-hybridized carbons (Fsp3) is 0.667. The summed E-state index contributed by atoms with van der Waals surface area (Å²) < 4.78 is 5.86. The van der Waals surface area contributed by atoms with Gasteiger partial charge in [0.15, 0.2) is 0 Å². The smallest absolute Gasteiger partial charge is 0.0726 e. The van der Waals surface area contributed by atoms with Crippen molar-refractivity contribution in [3.63, 3.8) is 0 Å². The van der Waals surface area contributed by atoms with E-state index < -0.39 is 0 Å². The molecule has 0 bridgehead atoms. The molecule has 0 amide bonds. The van der Waals surface area contributed by atoms with Crippen molar-refractivity contribution in [3.05, 3.63) is 29.3 Å². The molecule has 1 aromatic rings. The zero-order chi connectivity index (χ0) is 15.6. The van der Waals surface area contributed by atoms with E-state index in [0.29, 0.717) is 12.2 Å². The average Bonchev–Trinajstić information content (AvgIpc) is 2.34. The van der Waals surface area contributed by atoms with Crippen molar-refractivity contribution in [2.24, 2.45) is 0 Å². The van der Waals surface area contributed by atoms with E-state index in [0.717, 1.165) is 19.6 Å². The van der Waals surface area contributed by atoms with Crippen molar-refractivity contribution in [1.29, 1.82) is 0 Å². The van der Waals surface area contributed by atoms with Gasteiger partial charge >= 0.3 is 0 Å². The van der Waals surface area contributed by atoms with Crippen LogP contribution in [0.2, 0.25) is 0 Å². The minimum atomic E-state index is 0.132. The number of benzene rings is 1. The Morgan fingerprint density at radius 3 is 2.38 bits per heavy atom. The van der Waals surface area contributed by atoms with Crippen LogP contribution in [0.1, 0.15) is 45.7 Å². The molecule has 1 saturated heterocycles. The summed E-state index contributed by atoms with van der Waals surface area (Å²) in [6.07, 6.45) is 0.581. The number of nitrogens with one attached hydrogen (secondary N) is 1. The Labute approximate surface area is 129 Å². The molecule has 0 aliphatic carbocycles. The minimum Gasteiger partial charge on any atom is -0.372 e. The van der Waals surface area contributed by atoms with Gasteiger partial charge in [0.1, 0.15) is 0 Å². The van der Waals surface area contributed by atoms with E-state index in [9.17, 15) is 0 Å². The highest BCUT2D eigenvalue weighted by atomic mass is 16.5. The third kappa shape index (κ3) is 4.72. The van der Waals surface area contributed by atoms with Crippen LogP contribution in [0.5, 0.6) is 0 Å². The molecule has 0 aromatic heterocycles. The molecule has 1 aromatic carbocycles. The van der Waals surface area contributed by atoms with Gasteiger partial charge in [-0.15, -0.1) is 0 Å². The SMILES string of the molecule is Cc1ccc(N2C[C@@H](C)O[C@@H](C)C2)c(CNC(C)(C)C)c1. The zero-order valence-corrected chi connectivity index (χ0v) is 14.4. The third-order valence-corrected chi connectivity index (χ3v) is 3.80. The molecule has 1 heterocycles. The second-order valence-electron chi connectivity index (χ2n) is 7.40. The van der Waals surface area contributed by atoms with Crippen LogP contribution >= 0.6 is 0 Å². The molecule has 1 aliphatic heterocycles. The Morgan fingerprint density at radius 2 is 1.81 bits per heavy atom. The van der Waals surface area contributed by atoms with Gasteiger partial charge in [-0.25, -0.2) is 0 Å². The molecule has 0 unspecified atom stereocenters. The number of ether oxygens (including phenoxy) is 1. The van der Waals surface area contributed by atoms with Crippen LogP contribution in [-0.2, 0) is 11.3 Å². The Balaban J connectivity index is 2.21. The minimum absolute atomic E-state index is 0.132. The normalized spacial score (nSPS) is 23.4. The fourth-order valence-corrected chi connectivity index (χ4v) is 2.90. The van der Waals surface area contributed by atoms with Gasteiger partial charge < -0.3 is 15.0 Å². The van der Waals surface area contributed by atoms with Crippen molar-refractivity contribution < 1.29 is 4.74 Å². The Kier molecular flexibility index (Phi) is 4.95. The highest BCUT2D eigenvalue weighted by molar-refractivity contribution is 5.55. The summed E-state index contributed by atoms with van der Waals surface area (Å²) in [6.45, 7) is 15.9. The van der Waals surface area contributed by atoms with Crippen molar-refractivity contribution in [2.75, 3.05) is 18.0 Å². The van der Waals surface area contributed by atoms with Gasteiger partial charge in [0.05, 0.1) is 12.2 Å². The molecule has 1 N–H and O–H groups in total. The second kappa shape index (κ2) is 6.37. The Hall–Kier alpha value is -1.06. The predicted molar refractivity (Wildman–Crippen MR) is 90.0 cm³/mol. The molecule has 1 fully saturated rings. The van der Waals surface area contributed by atoms with Crippen LogP contribution in [-0.4, -0.2) is 30.8 Å². The lowest BCUT2D eigenvalue weighted by molar-refractivity contribution is -0.00527. The number of hydrogen-bond donors (Lipinski definition) is 1. The molecule has 2 rings (SSSR count). The number of hydrogen-bond acceptors (Lipinski definition) is 3. The molecule has 0 spiro atoms. The fourth-order valence-electron chi connectivity index (χ4n) is 2.90. The average molecular weight is 290 g/mol. The summed E-state index contributed by atoms with van der Waals surface area (Å²) in [7, 11) is 0. The van der Waals surface area contributed by atoms with Crippen LogP contribution in [0.15, 0.2) is 18.2 Å². The molecule has 2 atom stereocenters. The summed E-state index contributed by atoms with van der Waals surface area (Å²) in [5, 5.41) is 3.61. The summed E-state index contributed by atoms with van der Waals surface area (Å²) in [5.74, 6) is 0. The maximum absolute atomic E-state index is 5.86. The standard InChI is InChI=1S/C18H30N2O/c1-13-7-8-17(16(9-13)10-19-18(4,5)6)20-11-14(2)21-15(3)12-20/h7-9,14-15,19H,10-12H2,1-6H3/t14-,15+. The van der Waals surface area contributed by atoms with Gasteiger partial charge in [-0.05, 0) is 53.2 Å². The quantitative estimate of drug-likeness (QED) is 0.922. The lowest BCUT2D eigenvalue weighted by atomic mass is 10.0. The monoisotopic (exact) mass is 290 g/mol. The highest BCUT2D eigenvalue weighted by Crippen LogP contribution is 2.26. The van der Waals surface area contributed by atoms with Gasteiger partial charge in [-0.1, -0.05) is 17.7 Å². The van der Waals surface area contributed by atoms with Crippen LogP contribution in [0.25, 0.3) is 0 Å². The number of aryl methyl sites for hydroxylation is 1. The first-order valence-corrected chi connectivity index (χ1v) is 7.99. The van der Waals surface area contributed by atoms with Crippen LogP contribution in [0.3, 0.4) is 0 Å². The van der Waals surface area contributed by atoms with Crippen LogP contribution < -0.4 is 10.2 Å². The third-order valence-electron chi connectivity index (χ3n) is 3.80. The molecule has 3 nitrogen and oxygen atoms in total. The lowest BCUT2D eigenvalue weighted by Gasteiger charge is -2.38. The van der Waals surface area contributed by atoms with E-state index in [2.05, 4.69) is 70.0 Å². The van der Waals surface area contributed by atoms with Gasteiger partial charge in [-0.2, -0.15) is 0 Å². The molecular weight excluding hydrogens is 260 g/mol. The zero-order valence-electron chi connectivity index (χ0n) is 14.4. The molecule has 21 heavy (non-hydrogen) atoms. The molecular formula is C18H30N2O. The van der Waals surface area contributed by atoms with E-state index in [-0.39, 0.29) is 5.54 Å². The molecule has 1 aliphatic rings. The van der Waals surface area contributed by atoms with Crippen molar-refractivity contribution in [1.82, 2.24) is 5.32 Å². The molecule has 0 saturated carbocycles. The molecule has 3 heteroatoms. The summed E-state index contributed by atoms with van der Waals surface area (Å²) in [4.78, 5) is 2.47. The van der Waals surface area contributed by atoms with E-state index in [1.165, 1.54) is 16.8 Å². The van der Waals surface area contributed by atoms with E-state index in [1.807, 2.05) is 0 Å². The summed E-state index contributed by atoms with van der Waals surface area (Å²) in [5.41, 5.74) is 4.18. The highest BCUT2D eigenvalue weighted by Gasteiger charge is 2.24. The Morgan fingerprint density at radius 1 is 1.19 bits per heavy atom. The largest absolute Gasteiger partial charge is 0.372 e. The number of rotatable bonds is 3. The topological polar surface area (TPSA) is 24.5 Å². The van der Waals surface area contributed by atoms with Crippen LogP contribution in [0.4, 0.5) is 5.69 Å². The number of morpholine rings is 1. The van der Waals surface area contributed by atoms with Crippen molar-refractivity contribution in [2.45, 2.75) is 65.8 Å². The van der Waals surface area contributed by atoms with E-state index in [4.69, 9.17) is 4.74 Å². The van der Waals surface area contributed by atoms with E-state index in [1.54, 1.807) is 0 Å². The second-order valence-corrected chi connectivity index (χ2v) is 7.40. The lowest BCUT2D eigenvalue weighted by Crippen LogP contribution is -2.46. The van der Waals surface area contributed by atoms with Gasteiger partial charge in [0.25, 0.3) is 0 Å². The maximum Gasteiger partial charge on any atom is 0.0726 e. The number of anilines is 1. The first kappa shape index (κ1) is 16.3. The Bertz CT molecular complexity index is 469. The predicted octanol–water partition coefficient (Wildman–Crippen LogP) is 3.50. The van der Waals surface area contributed by atoms with Gasteiger partial charge in [0, 0.05) is 30.9 Å². The summed E-state index contributed by atoms with van der Waals surface area (Å²) >= 11 is 0. The van der Waals surface area contributed by atoms with Crippen molar-refractivity contribution >= 4 is 5.69 Å². The first-order chi connectivity index (χ1) is 9.74.